The first kappa shape index (κ1) is 27.5. The molecule has 12 heteroatoms. The standard InChI is InChI=1S/C31H26N4O8/c1-4-39-29-32-24-11-7-10-23(28(36)40-16-25-18(3)41-31(38)42-25)26(24)35(29)17(2)19-12-14-20(15-13-19)21-8-5-6-9-22(21)27-33-30(37)43-34-27/h5-15,17H,4,16H2,1-3H3,(H,33,34,37)/t17-/m1/s1. The van der Waals surface area contributed by atoms with E-state index in [1.165, 1.54) is 0 Å². The molecule has 0 aliphatic heterocycles. The molecule has 218 valence electrons. The summed E-state index contributed by atoms with van der Waals surface area (Å²) in [7, 11) is 0. The molecule has 0 fully saturated rings. The molecule has 12 nitrogen and oxygen atoms in total. The molecular weight excluding hydrogens is 556 g/mol. The van der Waals surface area contributed by atoms with E-state index in [9.17, 15) is 14.4 Å². The van der Waals surface area contributed by atoms with Crippen LogP contribution in [0.5, 0.6) is 6.01 Å². The normalized spacial score (nSPS) is 12.0. The Morgan fingerprint density at radius 3 is 2.44 bits per heavy atom. The Labute approximate surface area is 243 Å². The number of hydrogen-bond donors (Lipinski definition) is 1. The summed E-state index contributed by atoms with van der Waals surface area (Å²) < 4.78 is 27.8. The van der Waals surface area contributed by atoms with Crippen LogP contribution in [0.3, 0.4) is 0 Å². The van der Waals surface area contributed by atoms with Crippen molar-refractivity contribution in [2.75, 3.05) is 6.61 Å². The number of carbonyl (C=O) groups excluding carboxylic acids is 1. The van der Waals surface area contributed by atoms with Gasteiger partial charge in [0.05, 0.1) is 29.2 Å². The average Bonchev–Trinajstić information content (AvgIpc) is 3.71. The lowest BCUT2D eigenvalue weighted by atomic mass is 9.97. The number of fused-ring (bicyclic) bond motifs is 1. The molecule has 3 aromatic heterocycles. The first-order valence-electron chi connectivity index (χ1n) is 13.5. The smallest absolute Gasteiger partial charge is 0.465 e. The van der Waals surface area contributed by atoms with Crippen LogP contribution in [0.1, 0.15) is 47.3 Å². The summed E-state index contributed by atoms with van der Waals surface area (Å²) in [5.41, 5.74) is 4.79. The molecule has 0 bridgehead atoms. The number of para-hydroxylation sites is 1. The molecule has 0 aliphatic rings. The van der Waals surface area contributed by atoms with Crippen LogP contribution in [-0.4, -0.2) is 32.3 Å². The highest BCUT2D eigenvalue weighted by Gasteiger charge is 2.25. The molecule has 6 rings (SSSR count). The maximum absolute atomic E-state index is 13.3. The summed E-state index contributed by atoms with van der Waals surface area (Å²) in [6.07, 6.45) is 0. The summed E-state index contributed by atoms with van der Waals surface area (Å²) in [6.45, 7) is 5.50. The van der Waals surface area contributed by atoms with E-state index in [0.717, 1.165) is 22.3 Å². The van der Waals surface area contributed by atoms with Gasteiger partial charge in [-0.25, -0.2) is 14.4 Å². The minimum Gasteiger partial charge on any atom is -0.465 e. The molecule has 0 radical (unpaired) electrons. The number of imidazole rings is 1. The van der Waals surface area contributed by atoms with Gasteiger partial charge in [0.2, 0.25) is 0 Å². The Bertz CT molecular complexity index is 2040. The number of H-pyrrole nitrogens is 1. The molecule has 3 aromatic carbocycles. The molecule has 1 N–H and O–H groups in total. The quantitative estimate of drug-likeness (QED) is 0.223. The van der Waals surface area contributed by atoms with Gasteiger partial charge in [-0.05, 0) is 49.6 Å². The van der Waals surface area contributed by atoms with E-state index in [1.54, 1.807) is 25.1 Å². The van der Waals surface area contributed by atoms with E-state index in [-0.39, 0.29) is 29.7 Å². The van der Waals surface area contributed by atoms with Crippen LogP contribution in [0, 0.1) is 6.92 Å². The van der Waals surface area contributed by atoms with Gasteiger partial charge in [0.15, 0.2) is 24.0 Å². The van der Waals surface area contributed by atoms with Crippen molar-refractivity contribution in [3.63, 3.8) is 0 Å². The average molecular weight is 583 g/mol. The van der Waals surface area contributed by atoms with Gasteiger partial charge in [-0.3, -0.25) is 14.1 Å². The molecule has 0 saturated heterocycles. The van der Waals surface area contributed by atoms with Crippen molar-refractivity contribution < 1.29 is 27.6 Å². The number of hydrogen-bond acceptors (Lipinski definition) is 10. The maximum atomic E-state index is 13.3. The second-order valence-corrected chi connectivity index (χ2v) is 9.67. The first-order chi connectivity index (χ1) is 20.8. The second kappa shape index (κ2) is 11.3. The Morgan fingerprint density at radius 2 is 1.77 bits per heavy atom. The van der Waals surface area contributed by atoms with Gasteiger partial charge < -0.3 is 18.3 Å². The van der Waals surface area contributed by atoms with E-state index in [0.29, 0.717) is 29.5 Å². The number of nitrogens with one attached hydrogen (secondary N) is 1. The third-order valence-corrected chi connectivity index (χ3v) is 7.06. The van der Waals surface area contributed by atoms with E-state index in [1.807, 2.05) is 66.9 Å². The van der Waals surface area contributed by atoms with Gasteiger partial charge in [-0.2, -0.15) is 4.98 Å². The van der Waals surface area contributed by atoms with Gasteiger partial charge in [0.1, 0.15) is 0 Å². The number of rotatable bonds is 9. The van der Waals surface area contributed by atoms with Crippen molar-refractivity contribution in [2.24, 2.45) is 0 Å². The van der Waals surface area contributed by atoms with Gasteiger partial charge in [0, 0.05) is 5.56 Å². The fourth-order valence-corrected chi connectivity index (χ4v) is 4.97. The van der Waals surface area contributed by atoms with Crippen molar-refractivity contribution in [2.45, 2.75) is 33.4 Å². The van der Waals surface area contributed by atoms with E-state index in [2.05, 4.69) is 15.1 Å². The number of ether oxygens (including phenoxy) is 2. The van der Waals surface area contributed by atoms with Crippen molar-refractivity contribution in [1.29, 1.82) is 0 Å². The number of benzene rings is 3. The molecule has 0 aliphatic carbocycles. The number of aromatic nitrogens is 4. The van der Waals surface area contributed by atoms with Crippen molar-refractivity contribution >= 4 is 17.0 Å². The number of esters is 1. The van der Waals surface area contributed by atoms with Crippen molar-refractivity contribution in [1.82, 2.24) is 19.7 Å². The molecule has 0 saturated carbocycles. The Morgan fingerprint density at radius 1 is 1.00 bits per heavy atom. The summed E-state index contributed by atoms with van der Waals surface area (Å²) in [6, 6.07) is 20.7. The van der Waals surface area contributed by atoms with E-state index < -0.39 is 17.5 Å². The second-order valence-electron chi connectivity index (χ2n) is 9.67. The van der Waals surface area contributed by atoms with Gasteiger partial charge in [0.25, 0.3) is 6.01 Å². The fraction of sp³-hybridized carbons (Fsp3) is 0.194. The molecule has 1 atom stereocenters. The van der Waals surface area contributed by atoms with E-state index >= 15 is 0 Å². The molecule has 0 spiro atoms. The number of aromatic amines is 1. The first-order valence-corrected chi connectivity index (χ1v) is 13.5. The third kappa shape index (κ3) is 5.25. The SMILES string of the molecule is CCOc1nc2cccc(C(=O)OCc3oc(=O)oc3C)c2n1[C@H](C)c1ccc(-c2ccccc2-c2noc(=O)[nH]2)cc1. The zero-order chi connectivity index (χ0) is 30.1. The molecule has 0 unspecified atom stereocenters. The minimum absolute atomic E-state index is 0.138. The molecule has 3 heterocycles. The predicted molar refractivity (Wildman–Crippen MR) is 154 cm³/mol. The number of nitrogens with zero attached hydrogens (tertiary/aromatic N) is 3. The van der Waals surface area contributed by atoms with Crippen LogP contribution in [-0.2, 0) is 11.3 Å². The van der Waals surface area contributed by atoms with Crippen LogP contribution < -0.4 is 16.3 Å². The zero-order valence-corrected chi connectivity index (χ0v) is 23.5. The van der Waals surface area contributed by atoms with E-state index in [4.69, 9.17) is 22.8 Å². The largest absolute Gasteiger partial charge is 0.519 e. The van der Waals surface area contributed by atoms with Crippen LogP contribution in [0.4, 0.5) is 0 Å². The predicted octanol–water partition coefficient (Wildman–Crippen LogP) is 5.27. The van der Waals surface area contributed by atoms with Crippen molar-refractivity contribution in [3.8, 4) is 28.5 Å². The van der Waals surface area contributed by atoms with Gasteiger partial charge in [-0.15, -0.1) is 0 Å². The molecule has 0 amide bonds. The summed E-state index contributed by atoms with van der Waals surface area (Å²) in [5, 5.41) is 3.84. The van der Waals surface area contributed by atoms with Crippen LogP contribution >= 0.6 is 0 Å². The molecule has 6 aromatic rings. The Kier molecular flexibility index (Phi) is 7.24. The Hall–Kier alpha value is -5.65. The highest BCUT2D eigenvalue weighted by atomic mass is 16.6. The van der Waals surface area contributed by atoms with Crippen LogP contribution in [0.15, 0.2) is 89.7 Å². The molecule has 43 heavy (non-hydrogen) atoms. The maximum Gasteiger partial charge on any atom is 0.519 e. The molecular formula is C31H26N4O8. The summed E-state index contributed by atoms with van der Waals surface area (Å²) >= 11 is 0. The fourth-order valence-electron chi connectivity index (χ4n) is 4.97. The lowest BCUT2D eigenvalue weighted by Crippen LogP contribution is -2.13. The van der Waals surface area contributed by atoms with Crippen LogP contribution in [0.25, 0.3) is 33.5 Å². The number of aryl methyl sites for hydroxylation is 1. The highest BCUT2D eigenvalue weighted by Crippen LogP contribution is 2.35. The third-order valence-electron chi connectivity index (χ3n) is 7.06. The minimum atomic E-state index is -0.860. The summed E-state index contributed by atoms with van der Waals surface area (Å²) in [5.74, 6) is -1.39. The summed E-state index contributed by atoms with van der Waals surface area (Å²) in [4.78, 5) is 43.5. The lowest BCUT2D eigenvalue weighted by molar-refractivity contribution is 0.0444. The van der Waals surface area contributed by atoms with Gasteiger partial charge in [-0.1, -0.05) is 59.8 Å². The topological polar surface area (TPSA) is 156 Å². The highest BCUT2D eigenvalue weighted by molar-refractivity contribution is 6.02. The van der Waals surface area contributed by atoms with Crippen LogP contribution in [0.2, 0.25) is 0 Å². The zero-order valence-electron chi connectivity index (χ0n) is 23.5. The van der Waals surface area contributed by atoms with Gasteiger partial charge >= 0.3 is 17.5 Å². The van der Waals surface area contributed by atoms with Crippen molar-refractivity contribution in [3.05, 3.63) is 111 Å². The Balaban J connectivity index is 1.35. The lowest BCUT2D eigenvalue weighted by Gasteiger charge is -2.19. The monoisotopic (exact) mass is 582 g/mol. The number of carbonyl (C=O) groups is 1.